The third kappa shape index (κ3) is 1.75. The van der Waals surface area contributed by atoms with Crippen LogP contribution in [0.4, 0.5) is 0 Å². The fraction of sp³-hybridized carbons (Fsp3) is 0. The van der Waals surface area contributed by atoms with E-state index in [9.17, 15) is 4.79 Å². The van der Waals surface area contributed by atoms with Crippen molar-refractivity contribution in [2.45, 2.75) is 0 Å². The van der Waals surface area contributed by atoms with Crippen LogP contribution in [0.5, 0.6) is 0 Å². The van der Waals surface area contributed by atoms with Gasteiger partial charge in [-0.3, -0.25) is 4.79 Å². The minimum Gasteiger partial charge on any atom is -0.321 e. The molecule has 0 unspecified atom stereocenters. The Morgan fingerprint density at radius 1 is 0.800 bits per heavy atom. The fourth-order valence-corrected chi connectivity index (χ4v) is 5.96. The summed E-state index contributed by atoms with van der Waals surface area (Å²) in [5, 5.41) is 10.4. The van der Waals surface area contributed by atoms with Crippen LogP contribution in [-0.4, -0.2) is 4.98 Å². The number of hydrogen-bond donors (Lipinski definition) is 1. The van der Waals surface area contributed by atoms with E-state index in [1.165, 1.54) is 25.6 Å². The molecule has 0 aliphatic carbocycles. The highest BCUT2D eigenvalue weighted by Gasteiger charge is 2.14. The molecule has 0 saturated carbocycles. The molecule has 0 radical (unpaired) electrons. The van der Waals surface area contributed by atoms with E-state index in [1.807, 2.05) is 0 Å². The average Bonchev–Trinajstić information content (AvgIpc) is 3.22. The van der Waals surface area contributed by atoms with Crippen LogP contribution in [0.15, 0.2) is 64.8 Å². The minimum absolute atomic E-state index is 0.0102. The van der Waals surface area contributed by atoms with Gasteiger partial charge in [0.05, 0.1) is 4.01 Å². The summed E-state index contributed by atoms with van der Waals surface area (Å²) in [6, 6.07) is 19.2. The lowest BCUT2D eigenvalue weighted by atomic mass is 9.98. The molecule has 0 saturated heterocycles. The molecular weight excluding hydrogens is 346 g/mol. The number of aromatic nitrogens is 1. The third-order valence-electron chi connectivity index (χ3n) is 4.93. The van der Waals surface area contributed by atoms with Crippen LogP contribution in [0, 0.1) is 0 Å². The Labute approximate surface area is 150 Å². The van der Waals surface area contributed by atoms with Gasteiger partial charge >= 0.3 is 0 Å². The number of thiophene rings is 2. The van der Waals surface area contributed by atoms with Crippen LogP contribution in [0.1, 0.15) is 0 Å². The first-order chi connectivity index (χ1) is 12.3. The second-order valence-electron chi connectivity index (χ2n) is 6.29. The molecule has 0 fully saturated rings. The minimum atomic E-state index is 0.0102. The highest BCUT2D eigenvalue weighted by Crippen LogP contribution is 2.40. The lowest BCUT2D eigenvalue weighted by molar-refractivity contribution is 1.36. The number of H-pyrrole nitrogens is 1. The molecule has 2 nitrogen and oxygen atoms in total. The molecule has 1 N–H and O–H groups in total. The Balaban J connectivity index is 1.94. The lowest BCUT2D eigenvalue weighted by Crippen LogP contribution is -2.04. The zero-order valence-electron chi connectivity index (χ0n) is 13.0. The summed E-state index contributed by atoms with van der Waals surface area (Å²) in [5.41, 5.74) is 0.919. The molecule has 6 rings (SSSR count). The van der Waals surface area contributed by atoms with E-state index in [2.05, 4.69) is 65.0 Å². The van der Waals surface area contributed by atoms with Gasteiger partial charge in [-0.05, 0) is 45.1 Å². The normalized spacial score (nSPS) is 12.2. The molecule has 0 spiro atoms. The summed E-state index contributed by atoms with van der Waals surface area (Å²) in [5.74, 6) is 0. The number of rotatable bonds is 0. The molecular formula is C21H11NOS2. The fourth-order valence-electron chi connectivity index (χ4n) is 3.80. The molecule has 6 aromatic rings. The Hall–Kier alpha value is -2.69. The van der Waals surface area contributed by atoms with Crippen molar-refractivity contribution in [3.05, 3.63) is 70.3 Å². The molecule has 0 atom stereocenters. The number of hydrogen-bond acceptors (Lipinski definition) is 3. The zero-order valence-corrected chi connectivity index (χ0v) is 14.6. The number of nitrogens with one attached hydrogen (secondary N) is 1. The largest absolute Gasteiger partial charge is 0.321 e. The third-order valence-corrected chi connectivity index (χ3v) is 7.17. The number of aromatic amines is 1. The van der Waals surface area contributed by atoms with Crippen LogP contribution in [0.25, 0.3) is 51.9 Å². The molecule has 3 aromatic heterocycles. The van der Waals surface area contributed by atoms with E-state index in [4.69, 9.17) is 0 Å². The van der Waals surface area contributed by atoms with Crippen molar-refractivity contribution in [3.63, 3.8) is 0 Å². The standard InChI is InChI=1S/C21H11NOS2/c23-20-19-18(14-7-8-24-21(14)25-19)16-10-15-12(9-17(16)22-20)6-5-11-3-1-2-4-13(11)15/h1-10H,(H,22,23). The van der Waals surface area contributed by atoms with Crippen LogP contribution in [0.3, 0.4) is 0 Å². The van der Waals surface area contributed by atoms with Gasteiger partial charge in [0.2, 0.25) is 0 Å². The van der Waals surface area contributed by atoms with Gasteiger partial charge in [0, 0.05) is 21.7 Å². The van der Waals surface area contributed by atoms with Gasteiger partial charge in [0.15, 0.2) is 0 Å². The Bertz CT molecular complexity index is 1520. The van der Waals surface area contributed by atoms with Crippen molar-refractivity contribution in [1.82, 2.24) is 4.98 Å². The summed E-state index contributed by atoms with van der Waals surface area (Å²) in [6.45, 7) is 0. The first-order valence-electron chi connectivity index (χ1n) is 8.07. The predicted octanol–water partition coefficient (Wildman–Crippen LogP) is 6.26. The second kappa shape index (κ2) is 4.69. The second-order valence-corrected chi connectivity index (χ2v) is 8.48. The molecule has 3 aromatic carbocycles. The van der Waals surface area contributed by atoms with E-state index < -0.39 is 0 Å². The lowest BCUT2D eigenvalue weighted by Gasteiger charge is -2.07. The van der Waals surface area contributed by atoms with Crippen LogP contribution >= 0.6 is 22.7 Å². The summed E-state index contributed by atoms with van der Waals surface area (Å²) >= 11 is 3.30. The molecule has 0 aliphatic heterocycles. The summed E-state index contributed by atoms with van der Waals surface area (Å²) < 4.78 is 2.04. The molecule has 0 amide bonds. The SMILES string of the molecule is O=c1[nH]c2cc3ccc4ccccc4c3cc2c2c1sc1sccc12. The van der Waals surface area contributed by atoms with Crippen LogP contribution in [0.2, 0.25) is 0 Å². The first-order valence-corrected chi connectivity index (χ1v) is 9.76. The predicted molar refractivity (Wildman–Crippen MR) is 110 cm³/mol. The highest BCUT2D eigenvalue weighted by molar-refractivity contribution is 7.41. The molecule has 0 bridgehead atoms. The van der Waals surface area contributed by atoms with E-state index in [-0.39, 0.29) is 5.56 Å². The molecule has 0 aliphatic rings. The zero-order chi connectivity index (χ0) is 16.5. The van der Waals surface area contributed by atoms with Crippen LogP contribution in [-0.2, 0) is 0 Å². The van der Waals surface area contributed by atoms with Crippen molar-refractivity contribution in [3.8, 4) is 0 Å². The highest BCUT2D eigenvalue weighted by atomic mass is 32.2. The van der Waals surface area contributed by atoms with E-state index in [0.717, 1.165) is 26.4 Å². The van der Waals surface area contributed by atoms with Crippen molar-refractivity contribution in [2.75, 3.05) is 0 Å². The van der Waals surface area contributed by atoms with Crippen molar-refractivity contribution < 1.29 is 0 Å². The van der Waals surface area contributed by atoms with Gasteiger partial charge < -0.3 is 4.98 Å². The van der Waals surface area contributed by atoms with E-state index >= 15 is 0 Å². The Kier molecular flexibility index (Phi) is 2.55. The number of pyridine rings is 1. The summed E-state index contributed by atoms with van der Waals surface area (Å²) in [7, 11) is 0. The van der Waals surface area contributed by atoms with Crippen molar-refractivity contribution in [2.24, 2.45) is 0 Å². The van der Waals surface area contributed by atoms with Gasteiger partial charge in [-0.25, -0.2) is 0 Å². The van der Waals surface area contributed by atoms with Gasteiger partial charge in [0.25, 0.3) is 5.56 Å². The van der Waals surface area contributed by atoms with E-state index in [1.54, 1.807) is 22.7 Å². The van der Waals surface area contributed by atoms with Gasteiger partial charge in [-0.2, -0.15) is 0 Å². The maximum absolute atomic E-state index is 12.6. The van der Waals surface area contributed by atoms with Gasteiger partial charge in [-0.15, -0.1) is 22.7 Å². The Morgan fingerprint density at radius 3 is 2.64 bits per heavy atom. The van der Waals surface area contributed by atoms with Crippen molar-refractivity contribution in [1.29, 1.82) is 0 Å². The molecule has 118 valence electrons. The average molecular weight is 357 g/mol. The first kappa shape index (κ1) is 13.6. The van der Waals surface area contributed by atoms with Crippen molar-refractivity contribution >= 4 is 74.6 Å². The van der Waals surface area contributed by atoms with Crippen LogP contribution < -0.4 is 5.56 Å². The monoisotopic (exact) mass is 357 g/mol. The number of fused-ring (bicyclic) bond motifs is 8. The Morgan fingerprint density at radius 2 is 1.68 bits per heavy atom. The molecule has 25 heavy (non-hydrogen) atoms. The smallest absolute Gasteiger partial charge is 0.266 e. The topological polar surface area (TPSA) is 32.9 Å². The maximum Gasteiger partial charge on any atom is 0.266 e. The maximum atomic E-state index is 12.6. The molecule has 3 heterocycles. The van der Waals surface area contributed by atoms with E-state index in [0.29, 0.717) is 0 Å². The van der Waals surface area contributed by atoms with Gasteiger partial charge in [-0.1, -0.05) is 36.4 Å². The quantitative estimate of drug-likeness (QED) is 0.252. The summed E-state index contributed by atoms with van der Waals surface area (Å²) in [4.78, 5) is 15.7. The molecule has 4 heteroatoms. The summed E-state index contributed by atoms with van der Waals surface area (Å²) in [6.07, 6.45) is 0. The number of benzene rings is 3. The van der Waals surface area contributed by atoms with Gasteiger partial charge in [0.1, 0.15) is 4.70 Å².